The lowest BCUT2D eigenvalue weighted by atomic mass is 9.75. The standard InChI is InChI=1S/C23H23F2N3/c24-20-3-1-2-18(21(20)25)19-14-28(13-16-6-4-15(12-26)5-7-16)22-17-8-10-27(11-9-17)23(19)22/h1-7,17,19,22-23H,8-11,13-14H2/t19-,22+,23+/m1/s1. The van der Waals surface area contributed by atoms with Crippen LogP contribution >= 0.6 is 0 Å². The molecule has 4 aliphatic rings. The van der Waals surface area contributed by atoms with Crippen LogP contribution in [0.25, 0.3) is 0 Å². The van der Waals surface area contributed by atoms with Crippen LogP contribution in [0.3, 0.4) is 0 Å². The van der Waals surface area contributed by atoms with Gasteiger partial charge in [0.2, 0.25) is 0 Å². The van der Waals surface area contributed by atoms with Gasteiger partial charge in [-0.2, -0.15) is 5.26 Å². The van der Waals surface area contributed by atoms with E-state index in [4.69, 9.17) is 5.26 Å². The van der Waals surface area contributed by atoms with Gasteiger partial charge < -0.3 is 0 Å². The van der Waals surface area contributed by atoms with Crippen LogP contribution in [0.2, 0.25) is 0 Å². The smallest absolute Gasteiger partial charge is 0.162 e. The maximum Gasteiger partial charge on any atom is 0.162 e. The average Bonchev–Trinajstić information content (AvgIpc) is 3.13. The number of rotatable bonds is 3. The van der Waals surface area contributed by atoms with Crippen molar-refractivity contribution in [3.8, 4) is 6.07 Å². The zero-order valence-electron chi connectivity index (χ0n) is 15.7. The van der Waals surface area contributed by atoms with Crippen molar-refractivity contribution >= 4 is 0 Å². The normalized spacial score (nSPS) is 31.5. The first-order valence-corrected chi connectivity index (χ1v) is 10.1. The van der Waals surface area contributed by atoms with E-state index in [1.807, 2.05) is 24.3 Å². The van der Waals surface area contributed by atoms with Crippen molar-refractivity contribution in [1.29, 1.82) is 5.26 Å². The van der Waals surface area contributed by atoms with E-state index < -0.39 is 11.6 Å². The highest BCUT2D eigenvalue weighted by molar-refractivity contribution is 5.33. The number of benzene rings is 2. The maximum absolute atomic E-state index is 14.6. The Hall–Kier alpha value is -2.29. The molecule has 2 aromatic carbocycles. The summed E-state index contributed by atoms with van der Waals surface area (Å²) < 4.78 is 28.6. The van der Waals surface area contributed by atoms with Crippen LogP contribution in [-0.2, 0) is 6.54 Å². The first kappa shape index (κ1) is 17.8. The summed E-state index contributed by atoms with van der Waals surface area (Å²) in [5.41, 5.74) is 2.34. The zero-order chi connectivity index (χ0) is 19.3. The van der Waals surface area contributed by atoms with Crippen molar-refractivity contribution in [3.63, 3.8) is 0 Å². The van der Waals surface area contributed by atoms with Gasteiger partial charge in [-0.15, -0.1) is 0 Å². The highest BCUT2D eigenvalue weighted by atomic mass is 19.2. The number of likely N-dealkylation sites (tertiary alicyclic amines) is 1. The molecular formula is C23H23F2N3. The highest BCUT2D eigenvalue weighted by Gasteiger charge is 2.53. The van der Waals surface area contributed by atoms with Crippen molar-refractivity contribution in [2.45, 2.75) is 37.4 Å². The number of hydrogen-bond donors (Lipinski definition) is 0. The molecule has 3 atom stereocenters. The molecule has 4 aliphatic heterocycles. The minimum Gasteiger partial charge on any atom is -0.298 e. The molecule has 5 heteroatoms. The van der Waals surface area contributed by atoms with Gasteiger partial charge in [-0.25, -0.2) is 8.78 Å². The van der Waals surface area contributed by atoms with Crippen LogP contribution in [0.4, 0.5) is 8.78 Å². The van der Waals surface area contributed by atoms with E-state index in [2.05, 4.69) is 15.9 Å². The van der Waals surface area contributed by atoms with E-state index in [9.17, 15) is 8.78 Å². The molecule has 2 aromatic rings. The molecule has 0 saturated carbocycles. The van der Waals surface area contributed by atoms with Crippen molar-refractivity contribution in [3.05, 3.63) is 70.8 Å². The lowest BCUT2D eigenvalue weighted by molar-refractivity contribution is -0.00888. The molecule has 0 N–H and O–H groups in total. The van der Waals surface area contributed by atoms with Crippen LogP contribution in [0.1, 0.15) is 35.4 Å². The third-order valence-corrected chi connectivity index (χ3v) is 6.94. The summed E-state index contributed by atoms with van der Waals surface area (Å²) in [6, 6.07) is 15.1. The van der Waals surface area contributed by atoms with Crippen molar-refractivity contribution in [2.24, 2.45) is 5.92 Å². The van der Waals surface area contributed by atoms with Crippen LogP contribution in [0.5, 0.6) is 0 Å². The largest absolute Gasteiger partial charge is 0.298 e. The van der Waals surface area contributed by atoms with Gasteiger partial charge in [-0.3, -0.25) is 9.80 Å². The number of nitrogens with zero attached hydrogens (tertiary/aromatic N) is 3. The van der Waals surface area contributed by atoms with E-state index in [0.717, 1.165) is 31.7 Å². The molecule has 28 heavy (non-hydrogen) atoms. The molecule has 0 aliphatic carbocycles. The van der Waals surface area contributed by atoms with Gasteiger partial charge in [-0.1, -0.05) is 24.3 Å². The SMILES string of the molecule is N#Cc1ccc(CN2C[C@H](c3cccc(F)c3F)[C@H]3[C@@H]2C2CCN3CC2)cc1. The fraction of sp³-hybridized carbons (Fsp3) is 0.435. The van der Waals surface area contributed by atoms with Gasteiger partial charge in [0.25, 0.3) is 0 Å². The summed E-state index contributed by atoms with van der Waals surface area (Å²) in [5.74, 6) is -0.832. The molecule has 0 radical (unpaired) electrons. The Balaban J connectivity index is 1.48. The number of fused-ring (bicyclic) bond motifs is 2. The average molecular weight is 379 g/mol. The Kier molecular flexibility index (Phi) is 4.41. The minimum absolute atomic E-state index is 0.0119. The first-order chi connectivity index (χ1) is 13.7. The van der Waals surface area contributed by atoms with Gasteiger partial charge in [0, 0.05) is 31.1 Å². The van der Waals surface area contributed by atoms with Gasteiger partial charge in [-0.05, 0) is 61.2 Å². The quantitative estimate of drug-likeness (QED) is 0.810. The van der Waals surface area contributed by atoms with Crippen molar-refractivity contribution < 1.29 is 8.78 Å². The predicted molar refractivity (Wildman–Crippen MR) is 103 cm³/mol. The first-order valence-electron chi connectivity index (χ1n) is 10.1. The fourth-order valence-electron chi connectivity index (χ4n) is 5.72. The Bertz CT molecular complexity index is 912. The molecule has 0 amide bonds. The third kappa shape index (κ3) is 2.83. The second kappa shape index (κ2) is 6.95. The summed E-state index contributed by atoms with van der Waals surface area (Å²) in [6.07, 6.45) is 2.37. The Labute approximate surface area is 164 Å². The number of piperidine rings is 3. The lowest BCUT2D eigenvalue weighted by Crippen LogP contribution is -2.60. The van der Waals surface area contributed by atoms with E-state index in [0.29, 0.717) is 23.1 Å². The monoisotopic (exact) mass is 379 g/mol. The number of hydrogen-bond acceptors (Lipinski definition) is 3. The number of nitriles is 1. The Morgan fingerprint density at radius 3 is 2.46 bits per heavy atom. The van der Waals surface area contributed by atoms with Gasteiger partial charge in [0.1, 0.15) is 0 Å². The predicted octanol–water partition coefficient (Wildman–Crippen LogP) is 3.90. The summed E-state index contributed by atoms with van der Waals surface area (Å²) in [6.45, 7) is 3.64. The van der Waals surface area contributed by atoms with E-state index in [1.165, 1.54) is 18.9 Å². The summed E-state index contributed by atoms with van der Waals surface area (Å²) in [4.78, 5) is 4.97. The second-order valence-electron chi connectivity index (χ2n) is 8.34. The van der Waals surface area contributed by atoms with Crippen LogP contribution in [-0.4, -0.2) is 41.5 Å². The fourth-order valence-corrected chi connectivity index (χ4v) is 5.72. The molecule has 6 rings (SSSR count). The molecular weight excluding hydrogens is 356 g/mol. The van der Waals surface area contributed by atoms with Crippen LogP contribution in [0, 0.1) is 28.9 Å². The minimum atomic E-state index is -0.754. The molecule has 0 unspecified atom stereocenters. The van der Waals surface area contributed by atoms with E-state index in [1.54, 1.807) is 12.1 Å². The topological polar surface area (TPSA) is 30.3 Å². The maximum atomic E-state index is 14.6. The summed E-state index contributed by atoms with van der Waals surface area (Å²) in [7, 11) is 0. The Morgan fingerprint density at radius 1 is 1.00 bits per heavy atom. The summed E-state index contributed by atoms with van der Waals surface area (Å²) >= 11 is 0. The van der Waals surface area contributed by atoms with E-state index >= 15 is 0 Å². The second-order valence-corrected chi connectivity index (χ2v) is 8.34. The van der Waals surface area contributed by atoms with Gasteiger partial charge in [0.15, 0.2) is 11.6 Å². The molecule has 3 nitrogen and oxygen atoms in total. The molecule has 0 spiro atoms. The molecule has 0 aromatic heterocycles. The zero-order valence-corrected chi connectivity index (χ0v) is 15.7. The van der Waals surface area contributed by atoms with Gasteiger partial charge >= 0.3 is 0 Å². The number of halogens is 2. The molecule has 144 valence electrons. The third-order valence-electron chi connectivity index (χ3n) is 6.94. The molecule has 2 bridgehead atoms. The molecule has 4 fully saturated rings. The van der Waals surface area contributed by atoms with Crippen molar-refractivity contribution in [2.75, 3.05) is 19.6 Å². The molecule has 4 heterocycles. The van der Waals surface area contributed by atoms with Crippen LogP contribution < -0.4 is 0 Å². The van der Waals surface area contributed by atoms with Crippen LogP contribution in [0.15, 0.2) is 42.5 Å². The van der Waals surface area contributed by atoms with Gasteiger partial charge in [0.05, 0.1) is 11.6 Å². The molecule has 4 saturated heterocycles. The Morgan fingerprint density at radius 2 is 1.75 bits per heavy atom. The highest BCUT2D eigenvalue weighted by Crippen LogP contribution is 2.47. The summed E-state index contributed by atoms with van der Waals surface area (Å²) in [5, 5.41) is 9.02. The van der Waals surface area contributed by atoms with E-state index in [-0.39, 0.29) is 12.0 Å². The van der Waals surface area contributed by atoms with Crippen molar-refractivity contribution in [1.82, 2.24) is 9.80 Å². The lowest BCUT2D eigenvalue weighted by Gasteiger charge is -2.51.